The number of nitrogens with zero attached hydrogens (tertiary/aromatic N) is 3. The number of rotatable bonds is 6. The minimum Gasteiger partial charge on any atom is -0.494 e. The molecule has 2 aliphatic rings. The molecule has 6 heteroatoms. The summed E-state index contributed by atoms with van der Waals surface area (Å²) >= 11 is 0. The number of likely N-dealkylation sites (tertiary alicyclic amines) is 1. The molecule has 2 N–H and O–H groups in total. The van der Waals surface area contributed by atoms with Gasteiger partial charge in [-0.05, 0) is 75.4 Å². The number of ether oxygens (including phenoxy) is 1. The van der Waals surface area contributed by atoms with E-state index in [1.54, 1.807) is 24.3 Å². The summed E-state index contributed by atoms with van der Waals surface area (Å²) in [6.45, 7) is 5.91. The summed E-state index contributed by atoms with van der Waals surface area (Å²) in [5, 5.41) is 0. The molecule has 1 amide bonds. The van der Waals surface area contributed by atoms with E-state index in [0.29, 0.717) is 12.2 Å². The van der Waals surface area contributed by atoms with Gasteiger partial charge in [0.25, 0.3) is 0 Å². The number of aromatic nitrogens is 2. The van der Waals surface area contributed by atoms with Crippen LogP contribution in [0, 0.1) is 6.92 Å². The highest BCUT2D eigenvalue weighted by molar-refractivity contribution is 5.92. The average molecular weight is 380 g/mol. The molecule has 4 rings (SSSR count). The molecule has 2 aromatic rings. The molecule has 6 nitrogen and oxygen atoms in total. The summed E-state index contributed by atoms with van der Waals surface area (Å²) in [4.78, 5) is 22.9. The molecule has 1 atom stereocenters. The molecule has 1 spiro atoms. The number of piperidine rings is 1. The number of hydrogen-bond donors (Lipinski definition) is 1. The molecule has 28 heavy (non-hydrogen) atoms. The summed E-state index contributed by atoms with van der Waals surface area (Å²) in [6, 6.07) is 7.00. The van der Waals surface area contributed by atoms with Crippen molar-refractivity contribution in [3.63, 3.8) is 0 Å². The number of nitrogens with two attached hydrogens (primary N) is 1. The van der Waals surface area contributed by atoms with E-state index in [9.17, 15) is 4.79 Å². The van der Waals surface area contributed by atoms with E-state index in [1.165, 1.54) is 30.5 Å². The topological polar surface area (TPSA) is 81.3 Å². The second-order valence-corrected chi connectivity index (χ2v) is 8.04. The zero-order valence-electron chi connectivity index (χ0n) is 16.5. The predicted octanol–water partition coefficient (Wildman–Crippen LogP) is 2.63. The Morgan fingerprint density at radius 3 is 2.89 bits per heavy atom. The van der Waals surface area contributed by atoms with Gasteiger partial charge in [0, 0.05) is 30.3 Å². The van der Waals surface area contributed by atoms with Crippen LogP contribution in [0.25, 0.3) is 0 Å². The lowest BCUT2D eigenvalue weighted by molar-refractivity contribution is 0.1000. The number of fused-ring (bicyclic) bond motifs is 2. The van der Waals surface area contributed by atoms with Crippen LogP contribution in [0.15, 0.2) is 30.5 Å². The molecule has 0 bridgehead atoms. The molecule has 1 aliphatic heterocycles. The molecule has 0 radical (unpaired) electrons. The number of carbonyl (C=O) groups excluding carboxylic acids is 1. The Labute approximate surface area is 166 Å². The number of aryl methyl sites for hydroxylation is 2. The fourth-order valence-electron chi connectivity index (χ4n) is 4.64. The molecular weight excluding hydrogens is 352 g/mol. The van der Waals surface area contributed by atoms with Gasteiger partial charge in [-0.15, -0.1) is 0 Å². The van der Waals surface area contributed by atoms with Crippen LogP contribution in [0.2, 0.25) is 0 Å². The Bertz CT molecular complexity index is 848. The Morgan fingerprint density at radius 1 is 1.29 bits per heavy atom. The van der Waals surface area contributed by atoms with Gasteiger partial charge in [0.1, 0.15) is 11.6 Å². The summed E-state index contributed by atoms with van der Waals surface area (Å²) < 4.78 is 5.82. The predicted molar refractivity (Wildman–Crippen MR) is 108 cm³/mol. The molecule has 1 unspecified atom stereocenters. The highest BCUT2D eigenvalue weighted by Gasteiger charge is 2.43. The minimum absolute atomic E-state index is 0.215. The Hall–Kier alpha value is -2.47. The molecule has 1 fully saturated rings. The second-order valence-electron chi connectivity index (χ2n) is 8.04. The summed E-state index contributed by atoms with van der Waals surface area (Å²) in [5.41, 5.74) is 8.62. The van der Waals surface area contributed by atoms with Crippen LogP contribution in [0.4, 0.5) is 0 Å². The fraction of sp³-hybridized carbons (Fsp3) is 0.500. The first-order valence-corrected chi connectivity index (χ1v) is 10.1. The van der Waals surface area contributed by atoms with Gasteiger partial charge < -0.3 is 15.4 Å². The molecule has 1 aromatic heterocycles. The summed E-state index contributed by atoms with van der Waals surface area (Å²) in [6.07, 6.45) is 7.76. The van der Waals surface area contributed by atoms with Gasteiger partial charge in [-0.25, -0.2) is 9.97 Å². The summed E-state index contributed by atoms with van der Waals surface area (Å²) in [7, 11) is 0. The minimum atomic E-state index is -0.417. The molecule has 1 aromatic carbocycles. The Balaban J connectivity index is 1.29. The van der Waals surface area contributed by atoms with Crippen LogP contribution in [-0.4, -0.2) is 47.0 Å². The van der Waals surface area contributed by atoms with Crippen molar-refractivity contribution in [3.8, 4) is 5.75 Å². The van der Waals surface area contributed by atoms with Crippen LogP contribution in [0.1, 0.15) is 53.1 Å². The van der Waals surface area contributed by atoms with E-state index in [2.05, 4.69) is 9.88 Å². The van der Waals surface area contributed by atoms with Gasteiger partial charge in [0.15, 0.2) is 0 Å². The van der Waals surface area contributed by atoms with Crippen LogP contribution >= 0.6 is 0 Å². The van der Waals surface area contributed by atoms with Crippen LogP contribution in [0.3, 0.4) is 0 Å². The molecule has 0 saturated carbocycles. The molecule has 148 valence electrons. The third-order valence-corrected chi connectivity index (χ3v) is 6.04. The van der Waals surface area contributed by atoms with Gasteiger partial charge in [0.2, 0.25) is 5.91 Å². The third kappa shape index (κ3) is 3.87. The Morgan fingerprint density at radius 2 is 2.11 bits per heavy atom. The highest BCUT2D eigenvalue weighted by Crippen LogP contribution is 2.43. The van der Waals surface area contributed by atoms with E-state index < -0.39 is 5.91 Å². The fourth-order valence-corrected chi connectivity index (χ4v) is 4.64. The SMILES string of the molecule is Cc1ncc2c(n1)C1(CCCN(CCCOc3ccc(C(N)=O)cc3)C1)CC2. The summed E-state index contributed by atoms with van der Waals surface area (Å²) in [5.74, 6) is 1.24. The van der Waals surface area contributed by atoms with Crippen molar-refractivity contribution in [2.75, 3.05) is 26.2 Å². The monoisotopic (exact) mass is 380 g/mol. The number of primary amides is 1. The second kappa shape index (κ2) is 7.87. The van der Waals surface area contributed by atoms with Gasteiger partial charge in [-0.3, -0.25) is 4.79 Å². The van der Waals surface area contributed by atoms with E-state index in [-0.39, 0.29) is 5.41 Å². The van der Waals surface area contributed by atoms with Crippen LogP contribution < -0.4 is 10.5 Å². The van der Waals surface area contributed by atoms with Crippen molar-refractivity contribution >= 4 is 5.91 Å². The first kappa shape index (κ1) is 18.9. The Kier molecular flexibility index (Phi) is 5.31. The lowest BCUT2D eigenvalue weighted by Crippen LogP contribution is -2.45. The van der Waals surface area contributed by atoms with Gasteiger partial charge >= 0.3 is 0 Å². The lowest BCUT2D eigenvalue weighted by Gasteiger charge is -2.40. The third-order valence-electron chi connectivity index (χ3n) is 6.04. The normalized spacial score (nSPS) is 21.6. The average Bonchev–Trinajstić information content (AvgIpc) is 3.03. The number of amides is 1. The maximum Gasteiger partial charge on any atom is 0.248 e. The van der Waals surface area contributed by atoms with E-state index in [0.717, 1.165) is 44.0 Å². The zero-order chi connectivity index (χ0) is 19.6. The molecule has 2 heterocycles. The maximum absolute atomic E-state index is 11.1. The molecule has 1 aliphatic carbocycles. The lowest BCUT2D eigenvalue weighted by atomic mass is 9.77. The van der Waals surface area contributed by atoms with Crippen molar-refractivity contribution in [3.05, 3.63) is 53.1 Å². The smallest absolute Gasteiger partial charge is 0.248 e. The van der Waals surface area contributed by atoms with Gasteiger partial charge in [-0.1, -0.05) is 0 Å². The van der Waals surface area contributed by atoms with Gasteiger partial charge in [-0.2, -0.15) is 0 Å². The van der Waals surface area contributed by atoms with Crippen molar-refractivity contribution < 1.29 is 9.53 Å². The van der Waals surface area contributed by atoms with E-state index in [4.69, 9.17) is 15.5 Å². The van der Waals surface area contributed by atoms with E-state index >= 15 is 0 Å². The highest BCUT2D eigenvalue weighted by atomic mass is 16.5. The van der Waals surface area contributed by atoms with Crippen molar-refractivity contribution in [1.82, 2.24) is 14.9 Å². The maximum atomic E-state index is 11.1. The van der Waals surface area contributed by atoms with E-state index in [1.807, 2.05) is 13.1 Å². The van der Waals surface area contributed by atoms with Crippen LogP contribution in [-0.2, 0) is 11.8 Å². The van der Waals surface area contributed by atoms with Crippen molar-refractivity contribution in [2.45, 2.75) is 44.4 Å². The molecule has 1 saturated heterocycles. The standard InChI is InChI=1S/C22H28N4O2/c1-16-24-14-18-8-10-22(20(18)25-16)9-2-11-26(15-22)12-3-13-28-19-6-4-17(5-7-19)21(23)27/h4-7,14H,2-3,8-13,15H2,1H3,(H2,23,27). The van der Waals surface area contributed by atoms with Crippen molar-refractivity contribution in [1.29, 1.82) is 0 Å². The molecular formula is C22H28N4O2. The first-order valence-electron chi connectivity index (χ1n) is 10.1. The zero-order valence-corrected chi connectivity index (χ0v) is 16.5. The quantitative estimate of drug-likeness (QED) is 0.779. The largest absolute Gasteiger partial charge is 0.494 e. The number of benzene rings is 1. The first-order chi connectivity index (χ1) is 13.6. The number of carbonyl (C=O) groups is 1. The number of hydrogen-bond acceptors (Lipinski definition) is 5. The van der Waals surface area contributed by atoms with Gasteiger partial charge in [0.05, 0.1) is 12.3 Å². The van der Waals surface area contributed by atoms with Crippen molar-refractivity contribution in [2.24, 2.45) is 5.73 Å². The van der Waals surface area contributed by atoms with Crippen LogP contribution in [0.5, 0.6) is 5.75 Å².